The van der Waals surface area contributed by atoms with Crippen molar-refractivity contribution in [3.8, 4) is 5.75 Å². The van der Waals surface area contributed by atoms with Gasteiger partial charge >= 0.3 is 0 Å². The van der Waals surface area contributed by atoms with Crippen molar-refractivity contribution in [2.75, 3.05) is 78.3 Å². The van der Waals surface area contributed by atoms with Gasteiger partial charge in [0.1, 0.15) is 12.4 Å². The number of rotatable bonds is 18. The quantitative estimate of drug-likeness (QED) is 0.253. The van der Waals surface area contributed by atoms with E-state index in [1.807, 2.05) is 6.92 Å². The van der Waals surface area contributed by atoms with E-state index in [0.29, 0.717) is 52.6 Å². The SMILES string of the molecule is CCC(O)CO[C@@H]1CNC[C@H](OCc2ccc3c(c2)N(CCCOC)CCO3)[C@H]1c1ccc(COCCCOC)cc1. The smallest absolute Gasteiger partial charge is 0.142 e. The highest BCUT2D eigenvalue weighted by Crippen LogP contribution is 2.34. The highest BCUT2D eigenvalue weighted by molar-refractivity contribution is 5.61. The van der Waals surface area contributed by atoms with Crippen LogP contribution in [-0.4, -0.2) is 96.9 Å². The summed E-state index contributed by atoms with van der Waals surface area (Å²) in [6.45, 7) is 9.38. The predicted octanol–water partition coefficient (Wildman–Crippen LogP) is 3.90. The molecule has 2 aliphatic rings. The number of nitrogens with one attached hydrogen (secondary N) is 1. The summed E-state index contributed by atoms with van der Waals surface area (Å²) in [5.74, 6) is 0.948. The van der Waals surface area contributed by atoms with E-state index in [0.717, 1.165) is 61.6 Å². The Kier molecular flexibility index (Phi) is 13.8. The Morgan fingerprint density at radius 2 is 1.67 bits per heavy atom. The first-order valence-corrected chi connectivity index (χ1v) is 15.4. The van der Waals surface area contributed by atoms with Crippen LogP contribution in [-0.2, 0) is 36.9 Å². The van der Waals surface area contributed by atoms with E-state index in [2.05, 4.69) is 52.7 Å². The molecule has 0 aromatic heterocycles. The lowest BCUT2D eigenvalue weighted by atomic mass is 9.85. The number of piperidine rings is 1. The molecule has 2 aromatic rings. The molecule has 4 rings (SSSR count). The molecule has 0 aliphatic carbocycles. The zero-order valence-corrected chi connectivity index (χ0v) is 25.6. The molecule has 0 amide bonds. The average Bonchev–Trinajstić information content (AvgIpc) is 3.03. The lowest BCUT2D eigenvalue weighted by Crippen LogP contribution is -2.51. The van der Waals surface area contributed by atoms with E-state index in [1.54, 1.807) is 14.2 Å². The van der Waals surface area contributed by atoms with Gasteiger partial charge < -0.3 is 43.7 Å². The van der Waals surface area contributed by atoms with Crippen LogP contribution in [0.15, 0.2) is 42.5 Å². The molecule has 1 saturated heterocycles. The maximum absolute atomic E-state index is 10.2. The molecule has 0 bridgehead atoms. The van der Waals surface area contributed by atoms with Crippen LogP contribution in [0.5, 0.6) is 5.75 Å². The predicted molar refractivity (Wildman–Crippen MR) is 163 cm³/mol. The fourth-order valence-corrected chi connectivity index (χ4v) is 5.54. The van der Waals surface area contributed by atoms with Gasteiger partial charge in [-0.15, -0.1) is 0 Å². The van der Waals surface area contributed by atoms with Crippen molar-refractivity contribution in [1.82, 2.24) is 5.32 Å². The van der Waals surface area contributed by atoms with Gasteiger partial charge in [0, 0.05) is 59.6 Å². The fourth-order valence-electron chi connectivity index (χ4n) is 5.54. The Morgan fingerprint density at radius 3 is 2.43 bits per heavy atom. The molecular weight excluding hydrogens is 536 g/mol. The van der Waals surface area contributed by atoms with Crippen LogP contribution in [0.3, 0.4) is 0 Å². The minimum atomic E-state index is -0.478. The van der Waals surface area contributed by atoms with Crippen molar-refractivity contribution in [3.63, 3.8) is 0 Å². The molecule has 2 N–H and O–H groups in total. The van der Waals surface area contributed by atoms with Gasteiger partial charge in [-0.3, -0.25) is 0 Å². The summed E-state index contributed by atoms with van der Waals surface area (Å²) in [4.78, 5) is 2.37. The van der Waals surface area contributed by atoms with E-state index >= 15 is 0 Å². The molecule has 9 heteroatoms. The molecule has 2 heterocycles. The second-order valence-electron chi connectivity index (χ2n) is 11.1. The molecule has 0 saturated carbocycles. The van der Waals surface area contributed by atoms with E-state index in [-0.39, 0.29) is 18.1 Å². The van der Waals surface area contributed by atoms with Gasteiger partial charge in [0.15, 0.2) is 0 Å². The molecule has 234 valence electrons. The van der Waals surface area contributed by atoms with Crippen LogP contribution in [0, 0.1) is 0 Å². The molecule has 0 radical (unpaired) electrons. The number of ether oxygens (including phenoxy) is 6. The maximum atomic E-state index is 10.2. The van der Waals surface area contributed by atoms with Crippen LogP contribution in [0.4, 0.5) is 5.69 Å². The third-order valence-electron chi connectivity index (χ3n) is 7.96. The van der Waals surface area contributed by atoms with Crippen molar-refractivity contribution in [2.24, 2.45) is 0 Å². The number of fused-ring (bicyclic) bond motifs is 1. The molecule has 4 atom stereocenters. The Balaban J connectivity index is 1.44. The first-order valence-electron chi connectivity index (χ1n) is 15.4. The number of nitrogens with zero attached hydrogens (tertiary/aromatic N) is 1. The summed E-state index contributed by atoms with van der Waals surface area (Å²) in [7, 11) is 3.45. The Bertz CT molecular complexity index is 1040. The Morgan fingerprint density at radius 1 is 0.929 bits per heavy atom. The molecule has 9 nitrogen and oxygen atoms in total. The van der Waals surface area contributed by atoms with Crippen LogP contribution in [0.25, 0.3) is 0 Å². The number of aliphatic hydroxyl groups excluding tert-OH is 1. The van der Waals surface area contributed by atoms with E-state index < -0.39 is 6.10 Å². The van der Waals surface area contributed by atoms with Crippen molar-refractivity contribution in [3.05, 3.63) is 59.2 Å². The van der Waals surface area contributed by atoms with E-state index in [1.165, 1.54) is 5.56 Å². The van der Waals surface area contributed by atoms with Gasteiger partial charge in [0.2, 0.25) is 0 Å². The normalized spacial score (nSPS) is 21.1. The number of anilines is 1. The number of hydrogen-bond acceptors (Lipinski definition) is 9. The molecule has 1 unspecified atom stereocenters. The van der Waals surface area contributed by atoms with Crippen molar-refractivity contribution in [1.29, 1.82) is 0 Å². The average molecular weight is 587 g/mol. The zero-order chi connectivity index (χ0) is 29.6. The second-order valence-corrected chi connectivity index (χ2v) is 11.1. The maximum Gasteiger partial charge on any atom is 0.142 e. The molecular formula is C33H50N2O7. The first kappa shape index (κ1) is 32.7. The molecule has 1 fully saturated rings. The molecule has 2 aromatic carbocycles. The number of hydrogen-bond donors (Lipinski definition) is 2. The third-order valence-corrected chi connectivity index (χ3v) is 7.96. The van der Waals surface area contributed by atoms with Crippen molar-refractivity contribution < 1.29 is 33.5 Å². The molecule has 42 heavy (non-hydrogen) atoms. The number of benzene rings is 2. The Labute approximate surface area is 251 Å². The highest BCUT2D eigenvalue weighted by Gasteiger charge is 2.36. The topological polar surface area (TPSA) is 90.9 Å². The number of aliphatic hydroxyl groups is 1. The molecule has 2 aliphatic heterocycles. The first-order chi connectivity index (χ1) is 20.6. The van der Waals surface area contributed by atoms with Crippen LogP contribution in [0.1, 0.15) is 48.8 Å². The van der Waals surface area contributed by atoms with Gasteiger partial charge in [-0.25, -0.2) is 0 Å². The van der Waals surface area contributed by atoms with E-state index in [9.17, 15) is 5.11 Å². The van der Waals surface area contributed by atoms with Gasteiger partial charge in [0.05, 0.1) is 50.4 Å². The number of methoxy groups -OCH3 is 2. The summed E-state index contributed by atoms with van der Waals surface area (Å²) in [5, 5.41) is 13.7. The minimum absolute atomic E-state index is 0.0264. The van der Waals surface area contributed by atoms with E-state index in [4.69, 9.17) is 28.4 Å². The lowest BCUT2D eigenvalue weighted by molar-refractivity contribution is -0.0777. The zero-order valence-electron chi connectivity index (χ0n) is 25.6. The standard InChI is InChI=1S/C33H50N2O7/c1-4-28(36)24-42-32-21-34-20-31(33(32)27-10-7-25(8-11-27)22-39-17-6-16-38-3)41-23-26-9-12-30-29(19-26)35(14-18-40-30)13-5-15-37-2/h7-12,19,28,31-34,36H,4-6,13-18,20-24H2,1-3H3/t28?,31-,32+,33+/m0/s1. The van der Waals surface area contributed by atoms with Crippen LogP contribution in [0.2, 0.25) is 0 Å². The van der Waals surface area contributed by atoms with Gasteiger partial charge in [-0.1, -0.05) is 37.3 Å². The third kappa shape index (κ3) is 9.64. The summed E-state index contributed by atoms with van der Waals surface area (Å²) >= 11 is 0. The van der Waals surface area contributed by atoms with Crippen molar-refractivity contribution >= 4 is 5.69 Å². The fraction of sp³-hybridized carbons (Fsp3) is 0.636. The second kappa shape index (κ2) is 17.8. The summed E-state index contributed by atoms with van der Waals surface area (Å²) in [5.41, 5.74) is 4.53. The van der Waals surface area contributed by atoms with Crippen LogP contribution < -0.4 is 15.0 Å². The largest absolute Gasteiger partial charge is 0.490 e. The molecule has 0 spiro atoms. The van der Waals surface area contributed by atoms with Crippen molar-refractivity contribution in [2.45, 2.75) is 63.6 Å². The summed E-state index contributed by atoms with van der Waals surface area (Å²) in [6, 6.07) is 14.9. The highest BCUT2D eigenvalue weighted by atomic mass is 16.5. The lowest BCUT2D eigenvalue weighted by Gasteiger charge is -2.39. The monoisotopic (exact) mass is 586 g/mol. The van der Waals surface area contributed by atoms with Crippen LogP contribution >= 0.6 is 0 Å². The van der Waals surface area contributed by atoms with Gasteiger partial charge in [-0.2, -0.15) is 0 Å². The minimum Gasteiger partial charge on any atom is -0.490 e. The van der Waals surface area contributed by atoms with Gasteiger partial charge in [0.25, 0.3) is 0 Å². The van der Waals surface area contributed by atoms with Gasteiger partial charge in [-0.05, 0) is 48.1 Å². The summed E-state index contributed by atoms with van der Waals surface area (Å²) < 4.78 is 35.0. The summed E-state index contributed by atoms with van der Waals surface area (Å²) in [6.07, 6.45) is 1.83. The Hall–Kier alpha value is -2.24.